The minimum absolute atomic E-state index is 0.0403. The second-order valence-electron chi connectivity index (χ2n) is 4.96. The first-order valence-electron chi connectivity index (χ1n) is 6.39. The lowest BCUT2D eigenvalue weighted by molar-refractivity contribution is -0.140. The first-order chi connectivity index (χ1) is 10.3. The fourth-order valence-electron chi connectivity index (χ4n) is 2.02. The molecule has 1 aliphatic carbocycles. The molecule has 0 amide bonds. The van der Waals surface area contributed by atoms with E-state index in [1.165, 1.54) is 6.20 Å². The summed E-state index contributed by atoms with van der Waals surface area (Å²) < 4.78 is 44.3. The highest BCUT2D eigenvalue weighted by molar-refractivity contribution is 6.32. The molecule has 0 atom stereocenters. The van der Waals surface area contributed by atoms with E-state index in [0.717, 1.165) is 17.1 Å². The van der Waals surface area contributed by atoms with E-state index in [1.807, 2.05) is 0 Å². The number of hydrogen-bond donors (Lipinski definition) is 1. The molecule has 1 aliphatic rings. The Balaban J connectivity index is 1.85. The van der Waals surface area contributed by atoms with E-state index >= 15 is 0 Å². The van der Waals surface area contributed by atoms with E-state index in [2.05, 4.69) is 15.0 Å². The Morgan fingerprint density at radius 1 is 1.32 bits per heavy atom. The number of nitrogens with two attached hydrogens (primary N) is 1. The molecule has 0 unspecified atom stereocenters. The zero-order chi connectivity index (χ0) is 15.9. The third-order valence-electron chi connectivity index (χ3n) is 3.22. The Morgan fingerprint density at radius 2 is 2.05 bits per heavy atom. The van der Waals surface area contributed by atoms with Crippen LogP contribution in [0.2, 0.25) is 5.02 Å². The van der Waals surface area contributed by atoms with Crippen molar-refractivity contribution in [2.24, 2.45) is 5.73 Å². The lowest BCUT2D eigenvalue weighted by atomic mass is 9.90. The number of alkyl halides is 3. The van der Waals surface area contributed by atoms with Gasteiger partial charge in [-0.15, -0.1) is 0 Å². The molecule has 0 aliphatic heterocycles. The van der Waals surface area contributed by atoms with Gasteiger partial charge in [-0.2, -0.15) is 18.2 Å². The molecule has 10 heteroatoms. The van der Waals surface area contributed by atoms with Crippen LogP contribution in [0.4, 0.5) is 13.2 Å². The van der Waals surface area contributed by atoms with Crippen molar-refractivity contribution >= 4 is 11.6 Å². The molecule has 0 aromatic carbocycles. The Kier molecular flexibility index (Phi) is 3.69. The van der Waals surface area contributed by atoms with Gasteiger partial charge in [-0.05, 0) is 12.8 Å². The topological polar surface area (TPSA) is 78.9 Å². The van der Waals surface area contributed by atoms with Gasteiger partial charge >= 0.3 is 12.2 Å². The smallest absolute Gasteiger partial charge is 0.434 e. The summed E-state index contributed by atoms with van der Waals surface area (Å²) in [6.07, 6.45) is -0.193. The maximum absolute atomic E-state index is 12.6. The van der Waals surface area contributed by atoms with Crippen LogP contribution in [-0.4, -0.2) is 31.7 Å². The SMILES string of the molecule is NC1CC(Oc2ncc(Cl)c(-n3cnc(C(F)(F)F)c3)n2)C1. The quantitative estimate of drug-likeness (QED) is 0.931. The van der Waals surface area contributed by atoms with Crippen molar-refractivity contribution in [3.8, 4) is 11.8 Å². The average Bonchev–Trinajstić information content (AvgIpc) is 2.88. The van der Waals surface area contributed by atoms with Gasteiger partial charge in [0.25, 0.3) is 0 Å². The Bertz CT molecular complexity index is 684. The molecular formula is C12H11ClF3N5O. The third-order valence-corrected chi connectivity index (χ3v) is 3.49. The van der Waals surface area contributed by atoms with Crippen LogP contribution in [0.1, 0.15) is 18.5 Å². The molecule has 2 aromatic heterocycles. The Labute approximate surface area is 128 Å². The van der Waals surface area contributed by atoms with Crippen molar-refractivity contribution in [3.63, 3.8) is 0 Å². The van der Waals surface area contributed by atoms with E-state index in [9.17, 15) is 13.2 Å². The molecule has 3 rings (SSSR count). The van der Waals surface area contributed by atoms with Crippen molar-refractivity contribution in [1.82, 2.24) is 19.5 Å². The number of hydrogen-bond acceptors (Lipinski definition) is 5. The molecule has 2 heterocycles. The number of nitrogens with zero attached hydrogens (tertiary/aromatic N) is 4. The molecule has 6 nitrogen and oxygen atoms in total. The van der Waals surface area contributed by atoms with Crippen LogP contribution in [0.3, 0.4) is 0 Å². The number of ether oxygens (including phenoxy) is 1. The summed E-state index contributed by atoms with van der Waals surface area (Å²) in [5, 5.41) is 0.0868. The van der Waals surface area contributed by atoms with Crippen molar-refractivity contribution in [2.45, 2.75) is 31.2 Å². The highest BCUT2D eigenvalue weighted by Gasteiger charge is 2.34. The normalized spacial score (nSPS) is 21.5. The van der Waals surface area contributed by atoms with Crippen LogP contribution in [0.5, 0.6) is 6.01 Å². The first-order valence-corrected chi connectivity index (χ1v) is 6.77. The summed E-state index contributed by atoms with van der Waals surface area (Å²) >= 11 is 5.93. The summed E-state index contributed by atoms with van der Waals surface area (Å²) in [5.41, 5.74) is 4.62. The molecule has 0 spiro atoms. The summed E-state index contributed by atoms with van der Waals surface area (Å²) in [5.74, 6) is 0.0679. The molecule has 0 bridgehead atoms. The van der Waals surface area contributed by atoms with Gasteiger partial charge in [-0.25, -0.2) is 9.97 Å². The largest absolute Gasteiger partial charge is 0.460 e. The predicted molar refractivity (Wildman–Crippen MR) is 70.8 cm³/mol. The molecule has 0 saturated heterocycles. The third kappa shape index (κ3) is 3.00. The summed E-state index contributed by atoms with van der Waals surface area (Å²) in [4.78, 5) is 11.2. The zero-order valence-corrected chi connectivity index (χ0v) is 11.8. The van der Waals surface area contributed by atoms with Gasteiger partial charge in [-0.1, -0.05) is 11.6 Å². The lowest BCUT2D eigenvalue weighted by Gasteiger charge is -2.31. The molecular weight excluding hydrogens is 323 g/mol. The number of rotatable bonds is 3. The number of aromatic nitrogens is 4. The van der Waals surface area contributed by atoms with E-state index in [-0.39, 0.29) is 29.0 Å². The molecule has 2 N–H and O–H groups in total. The van der Waals surface area contributed by atoms with Crippen LogP contribution in [0.25, 0.3) is 5.82 Å². The van der Waals surface area contributed by atoms with E-state index in [1.54, 1.807) is 0 Å². The van der Waals surface area contributed by atoms with Crippen molar-refractivity contribution in [2.75, 3.05) is 0 Å². The van der Waals surface area contributed by atoms with E-state index in [0.29, 0.717) is 12.8 Å². The molecule has 118 valence electrons. The standard InChI is InChI=1S/C12H11ClF3N5O/c13-8-3-18-11(22-7-1-6(17)2-7)20-10(8)21-4-9(19-5-21)12(14,15)16/h3-7H,1-2,17H2. The van der Waals surface area contributed by atoms with E-state index in [4.69, 9.17) is 22.1 Å². The molecule has 1 fully saturated rings. The fraction of sp³-hybridized carbons (Fsp3) is 0.417. The first kappa shape index (κ1) is 15.0. The summed E-state index contributed by atoms with van der Waals surface area (Å²) in [6, 6.07) is 0.137. The van der Waals surface area contributed by atoms with Gasteiger partial charge < -0.3 is 10.5 Å². The van der Waals surface area contributed by atoms with Crippen LogP contribution in [-0.2, 0) is 6.18 Å². The van der Waals surface area contributed by atoms with E-state index < -0.39 is 11.9 Å². The molecule has 1 saturated carbocycles. The second kappa shape index (κ2) is 5.40. The highest BCUT2D eigenvalue weighted by Crippen LogP contribution is 2.29. The van der Waals surface area contributed by atoms with Gasteiger partial charge in [0.15, 0.2) is 11.5 Å². The van der Waals surface area contributed by atoms with Crippen LogP contribution in [0.15, 0.2) is 18.7 Å². The zero-order valence-electron chi connectivity index (χ0n) is 11.1. The molecule has 22 heavy (non-hydrogen) atoms. The predicted octanol–water partition coefficient (Wildman–Crippen LogP) is 2.20. The van der Waals surface area contributed by atoms with Gasteiger partial charge in [-0.3, -0.25) is 4.57 Å². The van der Waals surface area contributed by atoms with Gasteiger partial charge in [0, 0.05) is 12.2 Å². The monoisotopic (exact) mass is 333 g/mol. The maximum Gasteiger partial charge on any atom is 0.434 e. The van der Waals surface area contributed by atoms with Gasteiger partial charge in [0.2, 0.25) is 0 Å². The van der Waals surface area contributed by atoms with Crippen molar-refractivity contribution in [3.05, 3.63) is 29.4 Å². The Morgan fingerprint density at radius 3 is 2.64 bits per heavy atom. The maximum atomic E-state index is 12.6. The minimum atomic E-state index is -4.54. The minimum Gasteiger partial charge on any atom is -0.460 e. The van der Waals surface area contributed by atoms with Crippen LogP contribution < -0.4 is 10.5 Å². The van der Waals surface area contributed by atoms with Gasteiger partial charge in [0.05, 0.1) is 6.20 Å². The lowest BCUT2D eigenvalue weighted by Crippen LogP contribution is -2.43. The fourth-order valence-corrected chi connectivity index (χ4v) is 2.21. The number of imidazole rings is 1. The van der Waals surface area contributed by atoms with Gasteiger partial charge in [0.1, 0.15) is 17.5 Å². The van der Waals surface area contributed by atoms with Crippen molar-refractivity contribution < 1.29 is 17.9 Å². The van der Waals surface area contributed by atoms with Crippen LogP contribution >= 0.6 is 11.6 Å². The highest BCUT2D eigenvalue weighted by atomic mass is 35.5. The second-order valence-corrected chi connectivity index (χ2v) is 5.37. The summed E-state index contributed by atoms with van der Waals surface area (Å²) in [7, 11) is 0. The van der Waals surface area contributed by atoms with Crippen molar-refractivity contribution in [1.29, 1.82) is 0 Å². The summed E-state index contributed by atoms with van der Waals surface area (Å²) in [6.45, 7) is 0. The molecule has 0 radical (unpaired) electrons. The number of halogens is 4. The molecule has 2 aromatic rings. The Hall–Kier alpha value is -1.87. The van der Waals surface area contributed by atoms with Crippen LogP contribution in [0, 0.1) is 0 Å². The average molecular weight is 334 g/mol.